The Kier molecular flexibility index (Phi) is 2.96. The number of halogens is 1. The zero-order chi connectivity index (χ0) is 13.6. The number of nitrogens with one attached hydrogen (secondary N) is 1. The number of nitrogens with zero attached hydrogens (tertiary/aromatic N) is 1. The molecule has 3 rings (SSSR count). The number of rotatable bonds is 1. The van der Waals surface area contributed by atoms with E-state index >= 15 is 0 Å². The summed E-state index contributed by atoms with van der Waals surface area (Å²) in [5, 5.41) is 0.707. The van der Waals surface area contributed by atoms with Crippen LogP contribution < -0.4 is 0 Å². The van der Waals surface area contributed by atoms with E-state index in [9.17, 15) is 0 Å². The number of imidazole rings is 1. The number of fused-ring (bicyclic) bond motifs is 1. The molecule has 0 unspecified atom stereocenters. The molecule has 0 aliphatic rings. The second kappa shape index (κ2) is 4.51. The molecule has 0 fully saturated rings. The fourth-order valence-corrected chi connectivity index (χ4v) is 2.95. The summed E-state index contributed by atoms with van der Waals surface area (Å²) in [5.74, 6) is 0. The van der Waals surface area contributed by atoms with Crippen molar-refractivity contribution in [3.8, 4) is 5.69 Å². The lowest BCUT2D eigenvalue weighted by Crippen LogP contribution is -1.98. The standard InChI is InChI=1S/C15H13ClN2S/c1-9-6-7-12-13(8-9)18(15(19)17-12)14-10(2)4-3-5-11(14)16/h3-8H,1-2H3,(H,17,19). The van der Waals surface area contributed by atoms with E-state index in [0.29, 0.717) is 9.79 Å². The summed E-state index contributed by atoms with van der Waals surface area (Å²) in [6.45, 7) is 4.11. The molecule has 96 valence electrons. The highest BCUT2D eigenvalue weighted by atomic mass is 35.5. The quantitative estimate of drug-likeness (QED) is 0.628. The summed E-state index contributed by atoms with van der Waals surface area (Å²) < 4.78 is 2.67. The molecule has 0 radical (unpaired) electrons. The summed E-state index contributed by atoms with van der Waals surface area (Å²) in [6.07, 6.45) is 0. The first-order valence-electron chi connectivity index (χ1n) is 6.05. The van der Waals surface area contributed by atoms with Crippen molar-refractivity contribution in [3.05, 3.63) is 57.3 Å². The van der Waals surface area contributed by atoms with Gasteiger partial charge in [0.15, 0.2) is 4.77 Å². The Hall–Kier alpha value is -1.58. The third-order valence-corrected chi connectivity index (χ3v) is 3.84. The summed E-state index contributed by atoms with van der Waals surface area (Å²) >= 11 is 11.8. The van der Waals surface area contributed by atoms with Crippen LogP contribution in [0.4, 0.5) is 0 Å². The van der Waals surface area contributed by atoms with E-state index in [1.54, 1.807) is 0 Å². The fraction of sp³-hybridized carbons (Fsp3) is 0.133. The van der Waals surface area contributed by atoms with Crippen LogP contribution in [0.25, 0.3) is 16.7 Å². The Morgan fingerprint density at radius 2 is 1.95 bits per heavy atom. The normalized spacial score (nSPS) is 11.1. The lowest BCUT2D eigenvalue weighted by Gasteiger charge is -2.10. The van der Waals surface area contributed by atoms with Crippen molar-refractivity contribution in [1.29, 1.82) is 0 Å². The average Bonchev–Trinajstić information content (AvgIpc) is 2.66. The number of aromatic amines is 1. The largest absolute Gasteiger partial charge is 0.330 e. The van der Waals surface area contributed by atoms with Gasteiger partial charge in [-0.1, -0.05) is 29.8 Å². The van der Waals surface area contributed by atoms with Crippen molar-refractivity contribution in [2.75, 3.05) is 0 Å². The number of hydrogen-bond acceptors (Lipinski definition) is 1. The first-order valence-corrected chi connectivity index (χ1v) is 6.83. The van der Waals surface area contributed by atoms with Gasteiger partial charge in [0, 0.05) is 0 Å². The SMILES string of the molecule is Cc1ccc2[nH]c(=S)n(-c3c(C)cccc3Cl)c2c1. The number of benzene rings is 2. The maximum Gasteiger partial charge on any atom is 0.182 e. The molecular formula is C15H13ClN2S. The van der Waals surface area contributed by atoms with Crippen molar-refractivity contribution >= 4 is 34.9 Å². The van der Waals surface area contributed by atoms with Crippen LogP contribution in [-0.2, 0) is 0 Å². The lowest BCUT2D eigenvalue weighted by atomic mass is 10.2. The smallest absolute Gasteiger partial charge is 0.182 e. The van der Waals surface area contributed by atoms with Gasteiger partial charge in [0.1, 0.15) is 0 Å². The van der Waals surface area contributed by atoms with Crippen molar-refractivity contribution < 1.29 is 0 Å². The molecule has 0 aliphatic heterocycles. The van der Waals surface area contributed by atoms with Gasteiger partial charge < -0.3 is 4.98 Å². The highest BCUT2D eigenvalue weighted by Crippen LogP contribution is 2.28. The van der Waals surface area contributed by atoms with Crippen LogP contribution >= 0.6 is 23.8 Å². The van der Waals surface area contributed by atoms with Crippen LogP contribution in [0.3, 0.4) is 0 Å². The van der Waals surface area contributed by atoms with E-state index in [-0.39, 0.29) is 0 Å². The minimum Gasteiger partial charge on any atom is -0.330 e. The fourth-order valence-electron chi connectivity index (χ4n) is 2.34. The van der Waals surface area contributed by atoms with Crippen LogP contribution in [-0.4, -0.2) is 9.55 Å². The highest BCUT2D eigenvalue weighted by molar-refractivity contribution is 7.71. The molecule has 0 spiro atoms. The Labute approximate surface area is 121 Å². The molecule has 1 aromatic heterocycles. The molecular weight excluding hydrogens is 276 g/mol. The van der Waals surface area contributed by atoms with Gasteiger partial charge >= 0.3 is 0 Å². The molecule has 2 nitrogen and oxygen atoms in total. The number of H-pyrrole nitrogens is 1. The van der Waals surface area contributed by atoms with E-state index in [4.69, 9.17) is 23.8 Å². The maximum absolute atomic E-state index is 6.35. The summed E-state index contributed by atoms with van der Waals surface area (Å²) in [6, 6.07) is 12.1. The molecule has 0 saturated heterocycles. The predicted octanol–water partition coefficient (Wildman–Crippen LogP) is 4.96. The van der Waals surface area contributed by atoms with E-state index < -0.39 is 0 Å². The Bertz CT molecular complexity index is 810. The van der Waals surface area contributed by atoms with Crippen LogP contribution in [0.1, 0.15) is 11.1 Å². The molecule has 0 saturated carbocycles. The maximum atomic E-state index is 6.35. The Balaban J connectivity index is 2.46. The second-order valence-electron chi connectivity index (χ2n) is 4.69. The van der Waals surface area contributed by atoms with Crippen molar-refractivity contribution in [2.24, 2.45) is 0 Å². The predicted molar refractivity (Wildman–Crippen MR) is 82.9 cm³/mol. The third kappa shape index (κ3) is 1.99. The van der Waals surface area contributed by atoms with Crippen LogP contribution in [0.5, 0.6) is 0 Å². The van der Waals surface area contributed by atoms with Crippen LogP contribution in [0.2, 0.25) is 5.02 Å². The topological polar surface area (TPSA) is 20.7 Å². The first kappa shape index (κ1) is 12.5. The number of para-hydroxylation sites is 1. The summed E-state index contributed by atoms with van der Waals surface area (Å²) in [5.41, 5.74) is 5.33. The van der Waals surface area contributed by atoms with E-state index in [1.165, 1.54) is 5.56 Å². The Morgan fingerprint density at radius 1 is 1.16 bits per heavy atom. The van der Waals surface area contributed by atoms with Gasteiger partial charge in [0.2, 0.25) is 0 Å². The molecule has 4 heteroatoms. The van der Waals surface area contributed by atoms with Gasteiger partial charge in [-0.3, -0.25) is 4.57 Å². The molecule has 0 amide bonds. The molecule has 0 bridgehead atoms. The molecule has 0 aliphatic carbocycles. The monoisotopic (exact) mass is 288 g/mol. The van der Waals surface area contributed by atoms with Crippen molar-refractivity contribution in [1.82, 2.24) is 9.55 Å². The number of hydrogen-bond donors (Lipinski definition) is 1. The van der Waals surface area contributed by atoms with Gasteiger partial charge in [0.25, 0.3) is 0 Å². The molecule has 0 atom stereocenters. The van der Waals surface area contributed by atoms with Gasteiger partial charge in [-0.25, -0.2) is 0 Å². The van der Waals surface area contributed by atoms with Gasteiger partial charge in [-0.15, -0.1) is 0 Å². The first-order chi connectivity index (χ1) is 9.08. The molecule has 1 heterocycles. The van der Waals surface area contributed by atoms with Gasteiger partial charge in [-0.05, 0) is 55.4 Å². The summed E-state index contributed by atoms with van der Waals surface area (Å²) in [7, 11) is 0. The van der Waals surface area contributed by atoms with Crippen LogP contribution in [0.15, 0.2) is 36.4 Å². The minimum atomic E-state index is 0.664. The highest BCUT2D eigenvalue weighted by Gasteiger charge is 2.11. The van der Waals surface area contributed by atoms with E-state index in [1.807, 2.05) is 35.8 Å². The molecule has 19 heavy (non-hydrogen) atoms. The van der Waals surface area contributed by atoms with Crippen molar-refractivity contribution in [2.45, 2.75) is 13.8 Å². The van der Waals surface area contributed by atoms with Crippen LogP contribution in [0, 0.1) is 18.6 Å². The van der Waals surface area contributed by atoms with Gasteiger partial charge in [0.05, 0.1) is 21.7 Å². The number of aromatic nitrogens is 2. The Morgan fingerprint density at radius 3 is 2.68 bits per heavy atom. The second-order valence-corrected chi connectivity index (χ2v) is 5.49. The number of aryl methyl sites for hydroxylation is 2. The summed E-state index contributed by atoms with van der Waals surface area (Å²) in [4.78, 5) is 3.23. The van der Waals surface area contributed by atoms with E-state index in [0.717, 1.165) is 22.3 Å². The molecule has 3 aromatic rings. The minimum absolute atomic E-state index is 0.664. The zero-order valence-electron chi connectivity index (χ0n) is 10.7. The zero-order valence-corrected chi connectivity index (χ0v) is 12.3. The molecule has 1 N–H and O–H groups in total. The van der Waals surface area contributed by atoms with Crippen molar-refractivity contribution in [3.63, 3.8) is 0 Å². The third-order valence-electron chi connectivity index (χ3n) is 3.25. The van der Waals surface area contributed by atoms with Gasteiger partial charge in [-0.2, -0.15) is 0 Å². The average molecular weight is 289 g/mol. The molecule has 2 aromatic carbocycles. The lowest BCUT2D eigenvalue weighted by molar-refractivity contribution is 1.05. The van der Waals surface area contributed by atoms with E-state index in [2.05, 4.69) is 24.0 Å².